The molecule has 0 bridgehead atoms. The molecule has 0 radical (unpaired) electrons. The number of aromatic nitrogens is 4. The van der Waals surface area contributed by atoms with Crippen LogP contribution in [-0.4, -0.2) is 38.1 Å². The molecule has 0 aliphatic heterocycles. The molecule has 2 aliphatic rings. The molecule has 2 N–H and O–H groups in total. The van der Waals surface area contributed by atoms with Crippen LogP contribution in [0.25, 0.3) is 16.8 Å². The second-order valence-corrected chi connectivity index (χ2v) is 10.4. The van der Waals surface area contributed by atoms with E-state index in [1.807, 2.05) is 25.1 Å². The number of hydrogen-bond donors (Lipinski definition) is 2. The van der Waals surface area contributed by atoms with Crippen molar-refractivity contribution in [3.8, 4) is 22.8 Å². The normalized spacial score (nSPS) is 15.9. The maximum atomic E-state index is 13.7. The number of carbonyl (C=O) groups is 1. The first kappa shape index (κ1) is 24.3. The number of fused-ring (bicyclic) bond motifs is 1. The maximum absolute atomic E-state index is 13.7. The van der Waals surface area contributed by atoms with Crippen molar-refractivity contribution in [1.29, 1.82) is 0 Å². The Bertz CT molecular complexity index is 1480. The maximum Gasteiger partial charge on any atom is 0.251 e. The van der Waals surface area contributed by atoms with E-state index in [2.05, 4.69) is 20.7 Å². The second-order valence-electron chi connectivity index (χ2n) is 10.4. The molecule has 6 rings (SSSR count). The van der Waals surface area contributed by atoms with Crippen molar-refractivity contribution < 1.29 is 13.9 Å². The predicted octanol–water partition coefficient (Wildman–Crippen LogP) is 5.92. The first-order chi connectivity index (χ1) is 18.5. The standard InChI is InChI=1S/C29H31FN6O2/c1-18-11-20(7-10-24(18)29(37)34-22-8-9-22)25-17-33-36-26(32-14-19-5-3-2-4-6-19)13-27(35-28(25)36)38-23-12-21(30)15-31-16-23/h7,10-13,15-17,19,22,32H,2-6,8-9,14H2,1H3,(H,34,37). The van der Waals surface area contributed by atoms with Crippen molar-refractivity contribution in [1.82, 2.24) is 24.9 Å². The van der Waals surface area contributed by atoms with Crippen molar-refractivity contribution in [3.63, 3.8) is 0 Å². The van der Waals surface area contributed by atoms with Gasteiger partial charge in [-0.1, -0.05) is 31.4 Å². The van der Waals surface area contributed by atoms with Gasteiger partial charge in [-0.2, -0.15) is 14.6 Å². The Morgan fingerprint density at radius 3 is 2.68 bits per heavy atom. The van der Waals surface area contributed by atoms with Crippen LogP contribution in [0.4, 0.5) is 10.2 Å². The average molecular weight is 515 g/mol. The number of carbonyl (C=O) groups excluding carboxylic acids is 1. The lowest BCUT2D eigenvalue weighted by Gasteiger charge is -2.22. The number of nitrogens with one attached hydrogen (secondary N) is 2. The number of aryl methyl sites for hydroxylation is 1. The van der Waals surface area contributed by atoms with E-state index in [0.29, 0.717) is 29.1 Å². The molecule has 2 saturated carbocycles. The van der Waals surface area contributed by atoms with Crippen LogP contribution in [0.5, 0.6) is 11.6 Å². The molecular weight excluding hydrogens is 483 g/mol. The fraction of sp³-hybridized carbons (Fsp3) is 0.379. The molecule has 2 fully saturated rings. The number of halogens is 1. The summed E-state index contributed by atoms with van der Waals surface area (Å²) in [5, 5.41) is 11.3. The van der Waals surface area contributed by atoms with Crippen LogP contribution in [0.15, 0.2) is 48.9 Å². The number of pyridine rings is 1. The molecule has 2 aliphatic carbocycles. The Morgan fingerprint density at radius 1 is 1.08 bits per heavy atom. The third-order valence-electron chi connectivity index (χ3n) is 7.34. The lowest BCUT2D eigenvalue weighted by atomic mass is 9.89. The minimum absolute atomic E-state index is 0.0388. The molecule has 38 heavy (non-hydrogen) atoms. The zero-order valence-corrected chi connectivity index (χ0v) is 21.4. The highest BCUT2D eigenvalue weighted by Crippen LogP contribution is 2.32. The minimum Gasteiger partial charge on any atom is -0.437 e. The summed E-state index contributed by atoms with van der Waals surface area (Å²) in [7, 11) is 0. The summed E-state index contributed by atoms with van der Waals surface area (Å²) < 4.78 is 21.5. The van der Waals surface area contributed by atoms with Crippen LogP contribution >= 0.6 is 0 Å². The fourth-order valence-electron chi connectivity index (χ4n) is 5.11. The number of hydrogen-bond acceptors (Lipinski definition) is 6. The van der Waals surface area contributed by atoms with Gasteiger partial charge in [0.2, 0.25) is 5.88 Å². The topological polar surface area (TPSA) is 93.4 Å². The summed E-state index contributed by atoms with van der Waals surface area (Å²) in [4.78, 5) is 21.2. The summed E-state index contributed by atoms with van der Waals surface area (Å²) in [5.74, 6) is 1.42. The van der Waals surface area contributed by atoms with E-state index in [1.165, 1.54) is 44.4 Å². The lowest BCUT2D eigenvalue weighted by molar-refractivity contribution is 0.0950. The van der Waals surface area contributed by atoms with Crippen molar-refractivity contribution in [3.05, 3.63) is 65.9 Å². The van der Waals surface area contributed by atoms with E-state index in [0.717, 1.165) is 48.1 Å². The third kappa shape index (κ3) is 5.32. The molecule has 0 spiro atoms. The first-order valence-corrected chi connectivity index (χ1v) is 13.4. The quantitative estimate of drug-likeness (QED) is 0.303. The third-order valence-corrected chi connectivity index (χ3v) is 7.34. The molecule has 3 aromatic heterocycles. The van der Waals surface area contributed by atoms with E-state index < -0.39 is 5.82 Å². The molecule has 196 valence electrons. The summed E-state index contributed by atoms with van der Waals surface area (Å²) in [6, 6.07) is 9.13. The van der Waals surface area contributed by atoms with Gasteiger partial charge in [0.15, 0.2) is 11.4 Å². The Hall–Kier alpha value is -4.01. The average Bonchev–Trinajstić information content (AvgIpc) is 3.63. The van der Waals surface area contributed by atoms with Gasteiger partial charge in [-0.15, -0.1) is 0 Å². The summed E-state index contributed by atoms with van der Waals surface area (Å²) in [6.45, 7) is 2.77. The molecule has 0 saturated heterocycles. The van der Waals surface area contributed by atoms with E-state index in [4.69, 9.17) is 9.72 Å². The summed E-state index contributed by atoms with van der Waals surface area (Å²) >= 11 is 0. The van der Waals surface area contributed by atoms with Crippen molar-refractivity contribution >= 4 is 17.4 Å². The molecule has 1 amide bonds. The van der Waals surface area contributed by atoms with Gasteiger partial charge in [0.25, 0.3) is 5.91 Å². The Morgan fingerprint density at radius 2 is 1.92 bits per heavy atom. The molecule has 0 unspecified atom stereocenters. The van der Waals surface area contributed by atoms with E-state index >= 15 is 0 Å². The van der Waals surface area contributed by atoms with Crippen LogP contribution in [-0.2, 0) is 0 Å². The van der Waals surface area contributed by atoms with Gasteiger partial charge in [0.1, 0.15) is 11.6 Å². The van der Waals surface area contributed by atoms with E-state index in [-0.39, 0.29) is 11.7 Å². The lowest BCUT2D eigenvalue weighted by Crippen LogP contribution is -2.26. The zero-order valence-electron chi connectivity index (χ0n) is 21.4. The van der Waals surface area contributed by atoms with Gasteiger partial charge in [-0.25, -0.2) is 4.39 Å². The largest absolute Gasteiger partial charge is 0.437 e. The van der Waals surface area contributed by atoms with Crippen LogP contribution in [0.3, 0.4) is 0 Å². The van der Waals surface area contributed by atoms with Gasteiger partial charge >= 0.3 is 0 Å². The fourth-order valence-corrected chi connectivity index (χ4v) is 5.11. The molecule has 1 aromatic carbocycles. The highest BCUT2D eigenvalue weighted by Gasteiger charge is 2.25. The monoisotopic (exact) mass is 514 g/mol. The van der Waals surface area contributed by atoms with Crippen molar-refractivity contribution in [2.45, 2.75) is 57.9 Å². The first-order valence-electron chi connectivity index (χ1n) is 13.4. The summed E-state index contributed by atoms with van der Waals surface area (Å²) in [5.41, 5.74) is 3.87. The molecule has 9 heteroatoms. The highest BCUT2D eigenvalue weighted by atomic mass is 19.1. The van der Waals surface area contributed by atoms with Gasteiger partial charge in [0, 0.05) is 35.8 Å². The smallest absolute Gasteiger partial charge is 0.251 e. The Labute approximate surface area is 220 Å². The van der Waals surface area contributed by atoms with Crippen LogP contribution in [0, 0.1) is 18.7 Å². The van der Waals surface area contributed by atoms with Crippen LogP contribution in [0.1, 0.15) is 60.9 Å². The number of ether oxygens (including phenoxy) is 1. The van der Waals surface area contributed by atoms with Gasteiger partial charge < -0.3 is 15.4 Å². The van der Waals surface area contributed by atoms with Crippen LogP contribution in [0.2, 0.25) is 0 Å². The number of nitrogens with zero attached hydrogens (tertiary/aromatic N) is 4. The number of amides is 1. The van der Waals surface area contributed by atoms with Crippen LogP contribution < -0.4 is 15.4 Å². The number of rotatable bonds is 8. The molecule has 3 heterocycles. The molecule has 8 nitrogen and oxygen atoms in total. The minimum atomic E-state index is -0.481. The van der Waals surface area contributed by atoms with E-state index in [9.17, 15) is 9.18 Å². The Balaban J connectivity index is 1.35. The number of benzene rings is 1. The van der Waals surface area contributed by atoms with Crippen molar-refractivity contribution in [2.75, 3.05) is 11.9 Å². The molecule has 4 aromatic rings. The van der Waals surface area contributed by atoms with Gasteiger partial charge in [-0.3, -0.25) is 9.78 Å². The SMILES string of the molecule is Cc1cc(-c2cnn3c(NCC4CCCCC4)cc(Oc4cncc(F)c4)nc23)ccc1C(=O)NC1CC1. The van der Waals surface area contributed by atoms with Gasteiger partial charge in [-0.05, 0) is 55.7 Å². The Kier molecular flexibility index (Phi) is 6.66. The van der Waals surface area contributed by atoms with Gasteiger partial charge in [0.05, 0.1) is 18.6 Å². The zero-order chi connectivity index (χ0) is 26.1. The van der Waals surface area contributed by atoms with Crippen molar-refractivity contribution in [2.24, 2.45) is 5.92 Å². The molecular formula is C29H31FN6O2. The van der Waals surface area contributed by atoms with E-state index in [1.54, 1.807) is 16.8 Å². The predicted molar refractivity (Wildman–Crippen MR) is 143 cm³/mol. The number of anilines is 1. The summed E-state index contributed by atoms with van der Waals surface area (Å²) in [6.07, 6.45) is 12.7. The second kappa shape index (κ2) is 10.4. The highest BCUT2D eigenvalue weighted by molar-refractivity contribution is 5.97. The molecule has 0 atom stereocenters.